The van der Waals surface area contributed by atoms with Crippen molar-refractivity contribution in [3.63, 3.8) is 0 Å². The predicted molar refractivity (Wildman–Crippen MR) is 84.7 cm³/mol. The average Bonchev–Trinajstić information content (AvgIpc) is 2.45. The monoisotopic (exact) mass is 301 g/mol. The van der Waals surface area contributed by atoms with E-state index in [1.165, 1.54) is 0 Å². The van der Waals surface area contributed by atoms with Crippen molar-refractivity contribution >= 4 is 23.1 Å². The molecule has 1 aliphatic heterocycles. The molecular weight excluding hydrogens is 274 g/mol. The van der Waals surface area contributed by atoms with E-state index in [1.54, 1.807) is 7.11 Å². The van der Waals surface area contributed by atoms with Crippen molar-refractivity contribution in [2.75, 3.05) is 33.3 Å². The average molecular weight is 301 g/mol. The van der Waals surface area contributed by atoms with Gasteiger partial charge in [-0.1, -0.05) is 19.1 Å². The molecule has 1 saturated heterocycles. The molecule has 1 heterocycles. The van der Waals surface area contributed by atoms with Gasteiger partial charge in [-0.25, -0.2) is 0 Å². The van der Waals surface area contributed by atoms with Crippen LogP contribution in [0.5, 0.6) is 0 Å². The molecule has 0 saturated carbocycles. The number of rotatable bonds is 7. The van der Waals surface area contributed by atoms with Gasteiger partial charge >= 0.3 is 0 Å². The second kappa shape index (κ2) is 8.54. The van der Waals surface area contributed by atoms with Gasteiger partial charge in [0.15, 0.2) is 0 Å². The van der Waals surface area contributed by atoms with Gasteiger partial charge in [0.25, 0.3) is 0 Å². The number of methoxy groups -OCH3 is 1. The summed E-state index contributed by atoms with van der Waals surface area (Å²) < 4.78 is 5.17. The van der Waals surface area contributed by atoms with Crippen LogP contribution < -0.4 is 5.73 Å². The summed E-state index contributed by atoms with van der Waals surface area (Å²) >= 11 is 5.10. The van der Waals surface area contributed by atoms with Gasteiger partial charge in [0.05, 0.1) is 17.1 Å². The molecule has 0 aromatic rings. The highest BCUT2D eigenvalue weighted by Crippen LogP contribution is 2.12. The Morgan fingerprint density at radius 3 is 2.40 bits per heavy atom. The number of carbonyl (C=O) groups excluding carboxylic acids is 1. The fourth-order valence-corrected chi connectivity index (χ4v) is 2.84. The molecule has 0 aromatic carbocycles. The molecule has 0 aromatic heterocycles. The van der Waals surface area contributed by atoms with Crippen LogP contribution in [0.2, 0.25) is 0 Å². The van der Waals surface area contributed by atoms with Crippen LogP contribution >= 0.6 is 12.2 Å². The molecule has 0 radical (unpaired) electrons. The Morgan fingerprint density at radius 2 is 1.95 bits per heavy atom. The normalized spacial score (nSPS) is 19.6. The summed E-state index contributed by atoms with van der Waals surface area (Å²) in [4.78, 5) is 16.9. The Morgan fingerprint density at radius 1 is 1.35 bits per heavy atom. The molecule has 2 unspecified atom stereocenters. The molecule has 1 amide bonds. The minimum absolute atomic E-state index is 0.138. The Labute approximate surface area is 127 Å². The molecular formula is C14H27N3O2S. The SMILES string of the molecule is CCC(C(N)=S)N1CCN(C(=O)CCC(C)OC)CC1. The fraction of sp³-hybridized carbons (Fsp3) is 0.857. The van der Waals surface area contributed by atoms with Gasteiger partial charge in [-0.15, -0.1) is 0 Å². The molecule has 20 heavy (non-hydrogen) atoms. The quantitative estimate of drug-likeness (QED) is 0.711. The molecule has 116 valence electrons. The first kappa shape index (κ1) is 17.3. The molecule has 0 aliphatic carbocycles. The lowest BCUT2D eigenvalue weighted by Gasteiger charge is -2.38. The number of carbonyl (C=O) groups is 1. The number of nitrogens with two attached hydrogens (primary N) is 1. The zero-order valence-corrected chi connectivity index (χ0v) is 13.6. The van der Waals surface area contributed by atoms with Crippen LogP contribution in [-0.2, 0) is 9.53 Å². The topological polar surface area (TPSA) is 58.8 Å². The van der Waals surface area contributed by atoms with E-state index >= 15 is 0 Å². The third kappa shape index (κ3) is 5.00. The first-order valence-electron chi connectivity index (χ1n) is 7.33. The number of amides is 1. The highest BCUT2D eigenvalue weighted by atomic mass is 32.1. The maximum Gasteiger partial charge on any atom is 0.222 e. The zero-order chi connectivity index (χ0) is 15.1. The summed E-state index contributed by atoms with van der Waals surface area (Å²) in [6.45, 7) is 7.30. The molecule has 2 atom stereocenters. The molecule has 0 bridgehead atoms. The van der Waals surface area contributed by atoms with E-state index in [4.69, 9.17) is 22.7 Å². The van der Waals surface area contributed by atoms with Crippen LogP contribution in [0.1, 0.15) is 33.1 Å². The smallest absolute Gasteiger partial charge is 0.222 e. The van der Waals surface area contributed by atoms with Crippen molar-refractivity contribution in [3.05, 3.63) is 0 Å². The van der Waals surface area contributed by atoms with Crippen molar-refractivity contribution in [1.29, 1.82) is 0 Å². The lowest BCUT2D eigenvalue weighted by molar-refractivity contribution is -0.133. The van der Waals surface area contributed by atoms with E-state index in [2.05, 4.69) is 11.8 Å². The largest absolute Gasteiger partial charge is 0.392 e. The van der Waals surface area contributed by atoms with Crippen LogP contribution in [0.3, 0.4) is 0 Å². The van der Waals surface area contributed by atoms with Crippen molar-refractivity contribution < 1.29 is 9.53 Å². The molecule has 2 N–H and O–H groups in total. The van der Waals surface area contributed by atoms with Crippen LogP contribution in [0, 0.1) is 0 Å². The number of piperazine rings is 1. The number of hydrogen-bond donors (Lipinski definition) is 1. The van der Waals surface area contributed by atoms with Gasteiger partial charge in [-0.05, 0) is 19.8 Å². The molecule has 1 aliphatic rings. The van der Waals surface area contributed by atoms with Crippen LogP contribution in [0.15, 0.2) is 0 Å². The Bertz CT molecular complexity index is 330. The Hall–Kier alpha value is -0.720. The van der Waals surface area contributed by atoms with Gasteiger partial charge in [-0.3, -0.25) is 9.69 Å². The van der Waals surface area contributed by atoms with E-state index in [0.29, 0.717) is 11.4 Å². The third-order valence-electron chi connectivity index (χ3n) is 3.99. The number of hydrogen-bond acceptors (Lipinski definition) is 4. The van der Waals surface area contributed by atoms with Gasteiger partial charge in [0.2, 0.25) is 5.91 Å². The maximum absolute atomic E-state index is 12.1. The van der Waals surface area contributed by atoms with E-state index in [1.807, 2.05) is 11.8 Å². The van der Waals surface area contributed by atoms with Crippen molar-refractivity contribution in [2.45, 2.75) is 45.3 Å². The second-order valence-electron chi connectivity index (χ2n) is 5.33. The third-order valence-corrected chi connectivity index (χ3v) is 4.26. The summed E-state index contributed by atoms with van der Waals surface area (Å²) in [5.41, 5.74) is 5.76. The minimum Gasteiger partial charge on any atom is -0.392 e. The molecule has 1 rings (SSSR count). The van der Waals surface area contributed by atoms with E-state index in [9.17, 15) is 4.79 Å². The van der Waals surface area contributed by atoms with E-state index < -0.39 is 0 Å². The molecule has 1 fully saturated rings. The lowest BCUT2D eigenvalue weighted by atomic mass is 10.1. The van der Waals surface area contributed by atoms with Crippen LogP contribution in [0.25, 0.3) is 0 Å². The highest BCUT2D eigenvalue weighted by molar-refractivity contribution is 7.80. The predicted octanol–water partition coefficient (Wildman–Crippen LogP) is 1.01. The molecule has 6 heteroatoms. The second-order valence-corrected chi connectivity index (χ2v) is 5.80. The molecule has 0 spiro atoms. The van der Waals surface area contributed by atoms with Gasteiger partial charge in [0.1, 0.15) is 0 Å². The van der Waals surface area contributed by atoms with Crippen LogP contribution in [0.4, 0.5) is 0 Å². The molecule has 5 nitrogen and oxygen atoms in total. The first-order valence-corrected chi connectivity index (χ1v) is 7.74. The summed E-state index contributed by atoms with van der Waals surface area (Å²) in [5, 5.41) is 0. The summed E-state index contributed by atoms with van der Waals surface area (Å²) in [6, 6.07) is 0.163. The van der Waals surface area contributed by atoms with Gasteiger partial charge in [0, 0.05) is 39.7 Å². The van der Waals surface area contributed by atoms with Gasteiger partial charge < -0.3 is 15.4 Å². The Balaban J connectivity index is 2.38. The summed E-state index contributed by atoms with van der Waals surface area (Å²) in [7, 11) is 1.68. The Kier molecular flexibility index (Phi) is 7.40. The van der Waals surface area contributed by atoms with E-state index in [0.717, 1.165) is 39.0 Å². The zero-order valence-electron chi connectivity index (χ0n) is 12.8. The first-order chi connectivity index (χ1) is 9.49. The number of nitrogens with zero attached hydrogens (tertiary/aromatic N) is 2. The number of ether oxygens (including phenoxy) is 1. The number of thiocarbonyl (C=S) groups is 1. The minimum atomic E-state index is 0.138. The van der Waals surface area contributed by atoms with Gasteiger partial charge in [-0.2, -0.15) is 0 Å². The highest BCUT2D eigenvalue weighted by Gasteiger charge is 2.26. The maximum atomic E-state index is 12.1. The van der Waals surface area contributed by atoms with E-state index in [-0.39, 0.29) is 18.1 Å². The summed E-state index contributed by atoms with van der Waals surface area (Å²) in [6.07, 6.45) is 2.40. The van der Waals surface area contributed by atoms with Crippen molar-refractivity contribution in [3.8, 4) is 0 Å². The standard InChI is InChI=1S/C14H27N3O2S/c1-4-12(14(15)20)16-7-9-17(10-8-16)13(18)6-5-11(2)19-3/h11-12H,4-10H2,1-3H3,(H2,15,20). The summed E-state index contributed by atoms with van der Waals surface area (Å²) in [5.74, 6) is 0.219. The lowest BCUT2D eigenvalue weighted by Crippen LogP contribution is -2.54. The van der Waals surface area contributed by atoms with Crippen molar-refractivity contribution in [2.24, 2.45) is 5.73 Å². The fourth-order valence-electron chi connectivity index (χ4n) is 2.53. The van der Waals surface area contributed by atoms with Crippen molar-refractivity contribution in [1.82, 2.24) is 9.80 Å². The van der Waals surface area contributed by atoms with Crippen LogP contribution in [-0.4, -0.2) is 66.1 Å².